The summed E-state index contributed by atoms with van der Waals surface area (Å²) in [6.07, 6.45) is 3.15. The molecule has 2 N–H and O–H groups in total. The van der Waals surface area contributed by atoms with Crippen LogP contribution in [0.1, 0.15) is 49.0 Å². The minimum absolute atomic E-state index is 0.123. The maximum Gasteiger partial charge on any atom is 0.490 e. The number of ether oxygens (including phenoxy) is 2. The summed E-state index contributed by atoms with van der Waals surface area (Å²) in [7, 11) is 0.676. The number of alkyl halides is 5. The van der Waals surface area contributed by atoms with Gasteiger partial charge in [-0.2, -0.15) is 26.3 Å². The van der Waals surface area contributed by atoms with E-state index in [0.29, 0.717) is 42.8 Å². The molecule has 0 aliphatic carbocycles. The number of imidazole rings is 1. The molecule has 1 amide bonds. The van der Waals surface area contributed by atoms with Crippen LogP contribution in [0.25, 0.3) is 16.9 Å². The van der Waals surface area contributed by atoms with Crippen LogP contribution in [-0.4, -0.2) is 52.7 Å². The molecule has 0 unspecified atom stereocenters. The van der Waals surface area contributed by atoms with E-state index in [1.54, 1.807) is 12.1 Å². The Labute approximate surface area is 258 Å². The van der Waals surface area contributed by atoms with Crippen molar-refractivity contribution in [3.63, 3.8) is 0 Å². The van der Waals surface area contributed by atoms with Gasteiger partial charge in [-0.05, 0) is 48.7 Å². The number of nitrogens with one attached hydrogen (secondary N) is 2. The van der Waals surface area contributed by atoms with Crippen molar-refractivity contribution in [1.82, 2.24) is 19.7 Å². The van der Waals surface area contributed by atoms with Crippen LogP contribution in [0.5, 0.6) is 5.75 Å². The molecule has 0 atom stereocenters. The molecule has 0 radical (unpaired) electrons. The first-order chi connectivity index (χ1) is 21.8. The minimum atomic E-state index is -4.85. The van der Waals surface area contributed by atoms with E-state index in [1.807, 2.05) is 13.0 Å². The van der Waals surface area contributed by atoms with Gasteiger partial charge in [0.1, 0.15) is 0 Å². The summed E-state index contributed by atoms with van der Waals surface area (Å²) in [6.45, 7) is 1.40. The van der Waals surface area contributed by atoms with Crippen molar-refractivity contribution >= 4 is 29.0 Å². The largest absolute Gasteiger partial charge is 0.490 e. The zero-order valence-electron chi connectivity index (χ0n) is 24.9. The lowest BCUT2D eigenvalue weighted by Crippen LogP contribution is -2.25. The van der Waals surface area contributed by atoms with Gasteiger partial charge in [-0.1, -0.05) is 26.7 Å². The van der Waals surface area contributed by atoms with Gasteiger partial charge >= 0.3 is 18.8 Å². The second-order valence-corrected chi connectivity index (χ2v) is 9.53. The predicted molar refractivity (Wildman–Crippen MR) is 154 cm³/mol. The molecule has 2 heterocycles. The number of nitrogens with zero attached hydrogens (tertiary/aromatic N) is 3. The van der Waals surface area contributed by atoms with Crippen LogP contribution in [0.4, 0.5) is 42.2 Å². The molecular formula is C30H30F7N5O4. The zero-order valence-corrected chi connectivity index (χ0v) is 24.9. The lowest BCUT2D eigenvalue weighted by molar-refractivity contribution is -0.196. The van der Waals surface area contributed by atoms with E-state index < -0.39 is 36.1 Å². The molecular weight excluding hydrogens is 627 g/mol. The summed E-state index contributed by atoms with van der Waals surface area (Å²) < 4.78 is 95.8. The van der Waals surface area contributed by atoms with E-state index in [0.717, 1.165) is 37.0 Å². The van der Waals surface area contributed by atoms with E-state index in [1.165, 1.54) is 23.0 Å². The molecule has 0 aliphatic rings. The van der Waals surface area contributed by atoms with E-state index in [4.69, 9.17) is 0 Å². The molecule has 0 saturated carbocycles. The molecule has 0 fully saturated rings. The highest BCUT2D eigenvalue weighted by Gasteiger charge is 2.40. The number of esters is 1. The first kappa shape index (κ1) is 35.6. The predicted octanol–water partition coefficient (Wildman–Crippen LogP) is 7.22. The number of hydrogen-bond acceptors (Lipinski definition) is 7. The second kappa shape index (κ2) is 15.9. The smallest absolute Gasteiger partial charge is 0.462 e. The van der Waals surface area contributed by atoms with Gasteiger partial charge in [-0.3, -0.25) is 9.20 Å². The maximum absolute atomic E-state index is 14.7. The van der Waals surface area contributed by atoms with E-state index >= 15 is 0 Å². The van der Waals surface area contributed by atoms with Crippen molar-refractivity contribution in [2.24, 2.45) is 0 Å². The van der Waals surface area contributed by atoms with Gasteiger partial charge in [0.2, 0.25) is 5.82 Å². The normalized spacial score (nSPS) is 11.2. The molecule has 2 aromatic heterocycles. The molecule has 248 valence electrons. The third-order valence-electron chi connectivity index (χ3n) is 6.44. The Bertz CT molecular complexity index is 1660. The number of halogens is 7. The molecule has 46 heavy (non-hydrogen) atoms. The van der Waals surface area contributed by atoms with Crippen LogP contribution in [0, 0.1) is 11.6 Å². The van der Waals surface area contributed by atoms with Crippen molar-refractivity contribution in [3.05, 3.63) is 71.7 Å². The second-order valence-electron chi connectivity index (χ2n) is 9.53. The Morgan fingerprint density at radius 1 is 1.02 bits per heavy atom. The maximum atomic E-state index is 14.7. The summed E-state index contributed by atoms with van der Waals surface area (Å²) in [5, 5.41) is 6.13. The van der Waals surface area contributed by atoms with E-state index in [-0.39, 0.29) is 17.2 Å². The number of fused-ring (bicyclic) bond motifs is 1. The van der Waals surface area contributed by atoms with Gasteiger partial charge in [-0.15, -0.1) is 0 Å². The highest BCUT2D eigenvalue weighted by Crippen LogP contribution is 2.32. The molecule has 4 rings (SSSR count). The van der Waals surface area contributed by atoms with Crippen LogP contribution in [0.3, 0.4) is 0 Å². The Balaban J connectivity index is 0.000000637. The Morgan fingerprint density at radius 3 is 2.37 bits per heavy atom. The summed E-state index contributed by atoms with van der Waals surface area (Å²) in [6, 6.07) is 7.44. The number of carbonyl (C=O) groups excluding carboxylic acids is 2. The average molecular weight is 658 g/mol. The Hall–Kier alpha value is -4.89. The molecule has 4 aromatic rings. The molecule has 0 saturated heterocycles. The highest BCUT2D eigenvalue weighted by atomic mass is 19.4. The fourth-order valence-corrected chi connectivity index (χ4v) is 4.23. The number of unbranched alkanes of at least 4 members (excludes halogenated alkanes) is 2. The van der Waals surface area contributed by atoms with Gasteiger partial charge in [-0.25, -0.2) is 19.2 Å². The SMILES string of the molecule is CCCCCNC(=O)c1ccc(Nc2nccn3c(-c4ccc(OC(F)F)c(F)c4F)cnc23)cc1CC.COC(=O)C(F)(F)F. The molecule has 0 spiro atoms. The minimum Gasteiger partial charge on any atom is -0.462 e. The topological polar surface area (TPSA) is 107 Å². The number of benzene rings is 2. The average Bonchev–Trinajstić information content (AvgIpc) is 3.45. The molecule has 9 nitrogen and oxygen atoms in total. The molecule has 0 bridgehead atoms. The quantitative estimate of drug-likeness (QED) is 0.0997. The van der Waals surface area contributed by atoms with Gasteiger partial charge in [0.15, 0.2) is 23.0 Å². The lowest BCUT2D eigenvalue weighted by Gasteiger charge is -2.13. The fraction of sp³-hybridized carbons (Fsp3) is 0.333. The van der Waals surface area contributed by atoms with Gasteiger partial charge in [0, 0.05) is 35.8 Å². The molecule has 2 aromatic carbocycles. The van der Waals surface area contributed by atoms with Crippen molar-refractivity contribution in [1.29, 1.82) is 0 Å². The number of aryl methyl sites for hydroxylation is 1. The van der Waals surface area contributed by atoms with Gasteiger partial charge < -0.3 is 20.1 Å². The number of rotatable bonds is 11. The number of aromatic nitrogens is 3. The van der Waals surface area contributed by atoms with Crippen molar-refractivity contribution in [3.8, 4) is 17.0 Å². The summed E-state index contributed by atoms with van der Waals surface area (Å²) >= 11 is 0. The fourth-order valence-electron chi connectivity index (χ4n) is 4.23. The third kappa shape index (κ3) is 8.85. The summed E-state index contributed by atoms with van der Waals surface area (Å²) in [4.78, 5) is 30.7. The first-order valence-corrected chi connectivity index (χ1v) is 13.9. The monoisotopic (exact) mass is 657 g/mol. The van der Waals surface area contributed by atoms with Crippen molar-refractivity contribution in [2.45, 2.75) is 52.3 Å². The Kier molecular flexibility index (Phi) is 12.3. The standard InChI is InChI=1S/C27H27F4N5O2.C3H3F3O2/c1-3-5-6-11-33-26(37)18-8-7-17(14-16(18)4-2)35-24-25-34-15-20(36(25)13-12-32-24)19-9-10-21(38-27(30)31)23(29)22(19)28;1-8-2(7)3(4,5)6/h7-10,12-15,27H,3-6,11H2,1-2H3,(H,32,35)(H,33,37);1H3. The summed E-state index contributed by atoms with van der Waals surface area (Å²) in [5.41, 5.74) is 2.44. The Morgan fingerprint density at radius 2 is 1.76 bits per heavy atom. The number of anilines is 2. The van der Waals surface area contributed by atoms with Crippen LogP contribution in [0.2, 0.25) is 0 Å². The third-order valence-corrected chi connectivity index (χ3v) is 6.44. The van der Waals surface area contributed by atoms with E-state index in [9.17, 15) is 40.3 Å². The number of carbonyl (C=O) groups is 2. The molecule has 16 heteroatoms. The van der Waals surface area contributed by atoms with Gasteiger partial charge in [0.05, 0.1) is 19.0 Å². The van der Waals surface area contributed by atoms with E-state index in [2.05, 4.69) is 37.0 Å². The van der Waals surface area contributed by atoms with Crippen molar-refractivity contribution < 1.29 is 49.8 Å². The van der Waals surface area contributed by atoms with Crippen LogP contribution in [0.15, 0.2) is 48.9 Å². The van der Waals surface area contributed by atoms with Crippen molar-refractivity contribution in [2.75, 3.05) is 19.0 Å². The number of hydrogen-bond donors (Lipinski definition) is 2. The number of amides is 1. The zero-order chi connectivity index (χ0) is 34.0. The van der Waals surface area contributed by atoms with Crippen LogP contribution < -0.4 is 15.4 Å². The molecule has 0 aliphatic heterocycles. The lowest BCUT2D eigenvalue weighted by atomic mass is 10.0. The first-order valence-electron chi connectivity index (χ1n) is 13.9. The van der Waals surface area contributed by atoms with Crippen LogP contribution >= 0.6 is 0 Å². The van der Waals surface area contributed by atoms with Gasteiger partial charge in [0.25, 0.3) is 5.91 Å². The van der Waals surface area contributed by atoms with Crippen LogP contribution in [-0.2, 0) is 16.0 Å². The number of methoxy groups -OCH3 is 1. The highest BCUT2D eigenvalue weighted by molar-refractivity contribution is 5.96. The summed E-state index contributed by atoms with van der Waals surface area (Å²) in [5.74, 6) is -5.70.